The lowest BCUT2D eigenvalue weighted by molar-refractivity contribution is -0.136. The standard InChI is InChI=1S/C20H24N2O6/c1-12-5-7-16(26-2)14(9-12)22-20(25)19(24)21-11-15(23)13-6-8-17(27-3)18(10-13)28-4/h5-10,15,23H,11H2,1-4H3,(H,21,24)(H,22,25)/t15-/m1/s1. The normalized spacial score (nSPS) is 11.3. The first-order valence-electron chi connectivity index (χ1n) is 8.53. The summed E-state index contributed by atoms with van der Waals surface area (Å²) in [4.78, 5) is 24.2. The maximum Gasteiger partial charge on any atom is 0.313 e. The molecule has 0 bridgehead atoms. The Morgan fingerprint density at radius 2 is 1.57 bits per heavy atom. The van der Waals surface area contributed by atoms with Crippen LogP contribution in [0.25, 0.3) is 0 Å². The number of aliphatic hydroxyl groups is 1. The van der Waals surface area contributed by atoms with Gasteiger partial charge in [0.2, 0.25) is 0 Å². The van der Waals surface area contributed by atoms with Gasteiger partial charge in [0.1, 0.15) is 5.75 Å². The van der Waals surface area contributed by atoms with Crippen LogP contribution in [-0.2, 0) is 9.59 Å². The number of carbonyl (C=O) groups excluding carboxylic acids is 2. The van der Waals surface area contributed by atoms with E-state index in [1.165, 1.54) is 21.3 Å². The molecule has 2 amide bonds. The zero-order chi connectivity index (χ0) is 20.7. The molecule has 2 rings (SSSR count). The number of ether oxygens (including phenoxy) is 3. The molecule has 0 saturated carbocycles. The number of aliphatic hydroxyl groups excluding tert-OH is 1. The van der Waals surface area contributed by atoms with Gasteiger partial charge in [-0.3, -0.25) is 9.59 Å². The van der Waals surface area contributed by atoms with Gasteiger partial charge < -0.3 is 30.0 Å². The molecule has 8 heteroatoms. The zero-order valence-electron chi connectivity index (χ0n) is 16.2. The van der Waals surface area contributed by atoms with E-state index in [2.05, 4.69) is 10.6 Å². The quantitative estimate of drug-likeness (QED) is 0.625. The van der Waals surface area contributed by atoms with Gasteiger partial charge in [-0.25, -0.2) is 0 Å². The van der Waals surface area contributed by atoms with E-state index in [1.807, 2.05) is 13.0 Å². The second kappa shape index (κ2) is 9.61. The Morgan fingerprint density at radius 1 is 0.929 bits per heavy atom. The molecule has 0 unspecified atom stereocenters. The number of hydrogen-bond donors (Lipinski definition) is 3. The van der Waals surface area contributed by atoms with Gasteiger partial charge >= 0.3 is 11.8 Å². The average Bonchev–Trinajstić information content (AvgIpc) is 2.71. The lowest BCUT2D eigenvalue weighted by Gasteiger charge is -2.15. The van der Waals surface area contributed by atoms with Crippen molar-refractivity contribution in [1.29, 1.82) is 0 Å². The van der Waals surface area contributed by atoms with Gasteiger partial charge in [-0.1, -0.05) is 12.1 Å². The molecule has 0 aromatic heterocycles. The van der Waals surface area contributed by atoms with Crippen molar-refractivity contribution in [1.82, 2.24) is 5.32 Å². The predicted octanol–water partition coefficient (Wildman–Crippen LogP) is 1.81. The summed E-state index contributed by atoms with van der Waals surface area (Å²) in [5.74, 6) is -0.313. The van der Waals surface area contributed by atoms with Crippen LogP contribution in [0.4, 0.5) is 5.69 Å². The van der Waals surface area contributed by atoms with Crippen LogP contribution in [0.3, 0.4) is 0 Å². The van der Waals surface area contributed by atoms with Crippen LogP contribution in [0, 0.1) is 6.92 Å². The summed E-state index contributed by atoms with van der Waals surface area (Å²) in [5, 5.41) is 15.2. The summed E-state index contributed by atoms with van der Waals surface area (Å²) in [6, 6.07) is 10.1. The number of carbonyl (C=O) groups is 2. The highest BCUT2D eigenvalue weighted by molar-refractivity contribution is 6.39. The SMILES string of the molecule is COc1ccc(C)cc1NC(=O)C(=O)NC[C@@H](O)c1ccc(OC)c(OC)c1. The molecule has 0 heterocycles. The van der Waals surface area contributed by atoms with Gasteiger partial charge in [0, 0.05) is 6.54 Å². The third-order valence-corrected chi connectivity index (χ3v) is 4.06. The molecule has 0 radical (unpaired) electrons. The highest BCUT2D eigenvalue weighted by Gasteiger charge is 2.18. The second-order valence-electron chi connectivity index (χ2n) is 6.00. The zero-order valence-corrected chi connectivity index (χ0v) is 16.2. The fourth-order valence-electron chi connectivity index (χ4n) is 2.55. The van der Waals surface area contributed by atoms with Crippen molar-refractivity contribution in [2.45, 2.75) is 13.0 Å². The highest BCUT2D eigenvalue weighted by atomic mass is 16.5. The fourth-order valence-corrected chi connectivity index (χ4v) is 2.55. The van der Waals surface area contributed by atoms with E-state index < -0.39 is 17.9 Å². The summed E-state index contributed by atoms with van der Waals surface area (Å²) in [6.07, 6.45) is -1.02. The molecule has 2 aromatic rings. The summed E-state index contributed by atoms with van der Waals surface area (Å²) in [5.41, 5.74) is 1.81. The topological polar surface area (TPSA) is 106 Å². The van der Waals surface area contributed by atoms with Crippen LogP contribution >= 0.6 is 0 Å². The van der Waals surface area contributed by atoms with Crippen molar-refractivity contribution in [3.8, 4) is 17.2 Å². The molecular formula is C20H24N2O6. The Kier molecular flexibility index (Phi) is 7.22. The fraction of sp³-hybridized carbons (Fsp3) is 0.300. The van der Waals surface area contributed by atoms with E-state index in [9.17, 15) is 14.7 Å². The first kappa shape index (κ1) is 21.0. The predicted molar refractivity (Wildman–Crippen MR) is 104 cm³/mol. The summed E-state index contributed by atoms with van der Waals surface area (Å²) in [6.45, 7) is 1.71. The van der Waals surface area contributed by atoms with Crippen molar-refractivity contribution in [2.24, 2.45) is 0 Å². The molecule has 0 aliphatic heterocycles. The minimum absolute atomic E-state index is 0.146. The molecule has 0 aliphatic rings. The van der Waals surface area contributed by atoms with Crippen molar-refractivity contribution >= 4 is 17.5 Å². The molecule has 28 heavy (non-hydrogen) atoms. The Labute approximate surface area is 163 Å². The second-order valence-corrected chi connectivity index (χ2v) is 6.00. The molecule has 0 fully saturated rings. The average molecular weight is 388 g/mol. The maximum atomic E-state index is 12.1. The van der Waals surface area contributed by atoms with Crippen LogP contribution in [0.5, 0.6) is 17.2 Å². The van der Waals surface area contributed by atoms with Gasteiger partial charge in [-0.05, 0) is 42.3 Å². The first-order chi connectivity index (χ1) is 13.4. The third kappa shape index (κ3) is 5.14. The number of anilines is 1. The molecule has 0 saturated heterocycles. The van der Waals surface area contributed by atoms with E-state index in [0.29, 0.717) is 28.5 Å². The smallest absolute Gasteiger partial charge is 0.313 e. The van der Waals surface area contributed by atoms with Gasteiger partial charge in [0.25, 0.3) is 0 Å². The molecule has 0 aliphatic carbocycles. The lowest BCUT2D eigenvalue weighted by Crippen LogP contribution is -2.37. The third-order valence-electron chi connectivity index (χ3n) is 4.06. The Hall–Kier alpha value is -3.26. The number of rotatable bonds is 7. The molecular weight excluding hydrogens is 364 g/mol. The van der Waals surface area contributed by atoms with E-state index in [-0.39, 0.29) is 6.54 Å². The number of amides is 2. The van der Waals surface area contributed by atoms with Crippen LogP contribution in [0.2, 0.25) is 0 Å². The molecule has 3 N–H and O–H groups in total. The summed E-state index contributed by atoms with van der Waals surface area (Å²) >= 11 is 0. The number of hydrogen-bond acceptors (Lipinski definition) is 6. The van der Waals surface area contributed by atoms with E-state index >= 15 is 0 Å². The first-order valence-corrected chi connectivity index (χ1v) is 8.53. The lowest BCUT2D eigenvalue weighted by atomic mass is 10.1. The van der Waals surface area contributed by atoms with Gasteiger partial charge in [0.15, 0.2) is 11.5 Å². The monoisotopic (exact) mass is 388 g/mol. The van der Waals surface area contributed by atoms with Gasteiger partial charge in [0.05, 0.1) is 33.1 Å². The van der Waals surface area contributed by atoms with Crippen LogP contribution in [-0.4, -0.2) is 44.8 Å². The number of nitrogens with one attached hydrogen (secondary N) is 2. The van der Waals surface area contributed by atoms with Crippen LogP contribution in [0.1, 0.15) is 17.2 Å². The summed E-state index contributed by atoms with van der Waals surface area (Å²) < 4.78 is 15.5. The number of methoxy groups -OCH3 is 3. The van der Waals surface area contributed by atoms with Crippen LogP contribution < -0.4 is 24.8 Å². The minimum atomic E-state index is -1.02. The highest BCUT2D eigenvalue weighted by Crippen LogP contribution is 2.30. The Bertz CT molecular complexity index is 853. The number of aryl methyl sites for hydroxylation is 1. The van der Waals surface area contributed by atoms with Crippen molar-refractivity contribution in [3.05, 3.63) is 47.5 Å². The van der Waals surface area contributed by atoms with Crippen molar-refractivity contribution < 1.29 is 28.9 Å². The largest absolute Gasteiger partial charge is 0.495 e. The van der Waals surface area contributed by atoms with Gasteiger partial charge in [-0.15, -0.1) is 0 Å². The molecule has 8 nitrogen and oxygen atoms in total. The van der Waals surface area contributed by atoms with Gasteiger partial charge in [-0.2, -0.15) is 0 Å². The molecule has 2 aromatic carbocycles. The van der Waals surface area contributed by atoms with E-state index in [4.69, 9.17) is 14.2 Å². The molecule has 0 spiro atoms. The maximum absolute atomic E-state index is 12.1. The number of benzene rings is 2. The van der Waals surface area contributed by atoms with E-state index in [1.54, 1.807) is 30.3 Å². The van der Waals surface area contributed by atoms with E-state index in [0.717, 1.165) is 5.56 Å². The van der Waals surface area contributed by atoms with Crippen LogP contribution in [0.15, 0.2) is 36.4 Å². The Balaban J connectivity index is 1.98. The minimum Gasteiger partial charge on any atom is -0.495 e. The molecule has 1 atom stereocenters. The summed E-state index contributed by atoms with van der Waals surface area (Å²) in [7, 11) is 4.47. The van der Waals surface area contributed by atoms with Crippen molar-refractivity contribution in [3.63, 3.8) is 0 Å². The molecule has 150 valence electrons. The van der Waals surface area contributed by atoms with Crippen molar-refractivity contribution in [2.75, 3.05) is 33.2 Å². The Morgan fingerprint density at radius 3 is 2.21 bits per heavy atom.